The van der Waals surface area contributed by atoms with Gasteiger partial charge in [-0.2, -0.15) is 18.4 Å². The zero-order chi connectivity index (χ0) is 24.3. The minimum Gasteiger partial charge on any atom is -0.316 e. The lowest BCUT2D eigenvalue weighted by Crippen LogP contribution is -2.15. The molecule has 2 heterocycles. The Hall–Kier alpha value is -2.94. The Balaban J connectivity index is 1.82. The van der Waals surface area contributed by atoms with E-state index in [0.29, 0.717) is 32.8 Å². The molecular formula is C21H14ClF3N4O2S2. The predicted molar refractivity (Wildman–Crippen MR) is 121 cm³/mol. The average molecular weight is 511 g/mol. The van der Waals surface area contributed by atoms with E-state index in [0.717, 1.165) is 17.4 Å². The number of anilines is 1. The Labute approximate surface area is 199 Å². The van der Waals surface area contributed by atoms with Crippen LogP contribution in [0.2, 0.25) is 5.02 Å². The average Bonchev–Trinajstić information content (AvgIpc) is 3.07. The lowest BCUT2D eigenvalue weighted by molar-refractivity contribution is -0.141. The molecule has 12 heteroatoms. The summed E-state index contributed by atoms with van der Waals surface area (Å²) in [5, 5.41) is 12.3. The molecule has 0 fully saturated rings. The number of nitrogens with zero attached hydrogens (tertiary/aromatic N) is 3. The molecule has 2 aromatic heterocycles. The number of Topliss-reactive ketones (excluding diaryl/α,β-unsaturated/α-hetero) is 1. The summed E-state index contributed by atoms with van der Waals surface area (Å²) in [6.07, 6.45) is -4.71. The third kappa shape index (κ3) is 5.90. The summed E-state index contributed by atoms with van der Waals surface area (Å²) in [5.74, 6) is -1.13. The van der Waals surface area contributed by atoms with Crippen molar-refractivity contribution in [1.29, 1.82) is 5.26 Å². The summed E-state index contributed by atoms with van der Waals surface area (Å²) < 4.78 is 40.0. The number of aromatic nitrogens is 2. The van der Waals surface area contributed by atoms with E-state index in [4.69, 9.17) is 11.6 Å². The fraction of sp³-hybridized carbons (Fsp3) is 0.190. The summed E-state index contributed by atoms with van der Waals surface area (Å²) in [4.78, 5) is 32.1. The lowest BCUT2D eigenvalue weighted by Gasteiger charge is -2.10. The molecule has 3 rings (SSSR count). The van der Waals surface area contributed by atoms with Gasteiger partial charge in [-0.3, -0.25) is 9.59 Å². The van der Waals surface area contributed by atoms with Gasteiger partial charge in [0, 0.05) is 10.6 Å². The van der Waals surface area contributed by atoms with Crippen LogP contribution in [0.5, 0.6) is 0 Å². The number of ketones is 1. The molecule has 6 nitrogen and oxygen atoms in total. The molecule has 3 aromatic rings. The first-order chi connectivity index (χ1) is 15.5. The van der Waals surface area contributed by atoms with Gasteiger partial charge in [0.2, 0.25) is 5.91 Å². The maximum absolute atomic E-state index is 13.3. The maximum Gasteiger partial charge on any atom is 0.433 e. The predicted octanol–water partition coefficient (Wildman–Crippen LogP) is 5.99. The largest absolute Gasteiger partial charge is 0.433 e. The lowest BCUT2D eigenvalue weighted by atomic mass is 10.1. The first kappa shape index (κ1) is 24.7. The van der Waals surface area contributed by atoms with E-state index in [2.05, 4.69) is 15.3 Å². The first-order valence-electron chi connectivity index (χ1n) is 9.19. The summed E-state index contributed by atoms with van der Waals surface area (Å²) >= 11 is 7.52. The van der Waals surface area contributed by atoms with Crippen LogP contribution in [-0.4, -0.2) is 27.4 Å². The van der Waals surface area contributed by atoms with Crippen LogP contribution < -0.4 is 5.32 Å². The molecule has 1 N–H and O–H groups in total. The molecule has 0 aliphatic heterocycles. The second-order valence-corrected chi connectivity index (χ2v) is 9.09. The van der Waals surface area contributed by atoms with Crippen LogP contribution in [0.25, 0.3) is 11.3 Å². The van der Waals surface area contributed by atoms with E-state index in [9.17, 15) is 28.0 Å². The minimum absolute atomic E-state index is 0.0312. The molecule has 1 amide bonds. The third-order valence-electron chi connectivity index (χ3n) is 4.30. The number of rotatable bonds is 6. The first-order valence-corrected chi connectivity index (χ1v) is 11.4. The van der Waals surface area contributed by atoms with E-state index in [-0.39, 0.29) is 33.0 Å². The van der Waals surface area contributed by atoms with Crippen molar-refractivity contribution in [1.82, 2.24) is 9.97 Å². The highest BCUT2D eigenvalue weighted by molar-refractivity contribution is 7.99. The van der Waals surface area contributed by atoms with Crippen LogP contribution in [0.4, 0.5) is 18.2 Å². The normalized spacial score (nSPS) is 11.2. The highest BCUT2D eigenvalue weighted by atomic mass is 35.5. The molecule has 170 valence electrons. The van der Waals surface area contributed by atoms with Gasteiger partial charge in [0.1, 0.15) is 16.8 Å². The second-order valence-electron chi connectivity index (χ2n) is 6.69. The van der Waals surface area contributed by atoms with Crippen molar-refractivity contribution in [2.45, 2.75) is 25.2 Å². The number of alkyl halides is 3. The molecule has 0 saturated carbocycles. The Morgan fingerprint density at radius 3 is 2.48 bits per heavy atom. The SMILES string of the molecule is CC(=O)c1sc(NC(=O)CSc2nc(-c3ccc(Cl)cc3)cc(C(F)(F)F)n2)c(C#N)c1C. The zero-order valence-electron chi connectivity index (χ0n) is 17.1. The van der Waals surface area contributed by atoms with Crippen LogP contribution in [0.15, 0.2) is 35.5 Å². The molecule has 0 spiro atoms. The van der Waals surface area contributed by atoms with Crippen molar-refractivity contribution < 1.29 is 22.8 Å². The number of hydrogen-bond acceptors (Lipinski definition) is 7. The van der Waals surface area contributed by atoms with Gasteiger partial charge in [-0.25, -0.2) is 9.97 Å². The quantitative estimate of drug-likeness (QED) is 0.248. The van der Waals surface area contributed by atoms with Crippen LogP contribution in [-0.2, 0) is 11.0 Å². The maximum atomic E-state index is 13.3. The molecule has 33 heavy (non-hydrogen) atoms. The van der Waals surface area contributed by atoms with Crippen LogP contribution in [0.3, 0.4) is 0 Å². The Kier molecular flexibility index (Phi) is 7.41. The number of nitrogens with one attached hydrogen (secondary N) is 1. The molecule has 0 aliphatic rings. The van der Waals surface area contributed by atoms with E-state index in [1.54, 1.807) is 6.92 Å². The molecule has 0 atom stereocenters. The van der Waals surface area contributed by atoms with Gasteiger partial charge in [-0.1, -0.05) is 35.5 Å². The molecule has 1 aromatic carbocycles. The molecule has 0 radical (unpaired) electrons. The van der Waals surface area contributed by atoms with Crippen molar-refractivity contribution in [3.8, 4) is 17.3 Å². The summed E-state index contributed by atoms with van der Waals surface area (Å²) in [7, 11) is 0. The molecule has 0 aliphatic carbocycles. The van der Waals surface area contributed by atoms with Gasteiger partial charge in [-0.15, -0.1) is 11.3 Å². The highest BCUT2D eigenvalue weighted by Gasteiger charge is 2.34. The molecule has 0 saturated heterocycles. The van der Waals surface area contributed by atoms with Crippen molar-refractivity contribution in [3.63, 3.8) is 0 Å². The second kappa shape index (κ2) is 9.91. The van der Waals surface area contributed by atoms with E-state index in [1.807, 2.05) is 6.07 Å². The van der Waals surface area contributed by atoms with Crippen LogP contribution >= 0.6 is 34.7 Å². The van der Waals surface area contributed by atoms with Crippen molar-refractivity contribution in [2.24, 2.45) is 0 Å². The van der Waals surface area contributed by atoms with E-state index in [1.165, 1.54) is 31.2 Å². The minimum atomic E-state index is -4.71. The molecular weight excluding hydrogens is 497 g/mol. The fourth-order valence-electron chi connectivity index (χ4n) is 2.77. The number of carbonyl (C=O) groups is 2. The number of carbonyl (C=O) groups excluding carboxylic acids is 2. The smallest absolute Gasteiger partial charge is 0.316 e. The summed E-state index contributed by atoms with van der Waals surface area (Å²) in [5.41, 5.74) is -0.0699. The Morgan fingerprint density at radius 2 is 1.91 bits per heavy atom. The number of hydrogen-bond donors (Lipinski definition) is 1. The van der Waals surface area contributed by atoms with Gasteiger partial charge in [0.05, 0.1) is 21.9 Å². The number of halogens is 4. The van der Waals surface area contributed by atoms with E-state index >= 15 is 0 Å². The van der Waals surface area contributed by atoms with Gasteiger partial charge in [0.25, 0.3) is 0 Å². The Morgan fingerprint density at radius 1 is 1.24 bits per heavy atom. The van der Waals surface area contributed by atoms with Gasteiger partial charge in [0.15, 0.2) is 10.9 Å². The van der Waals surface area contributed by atoms with Crippen LogP contribution in [0.1, 0.15) is 33.4 Å². The standard InChI is InChI=1S/C21H14ClF3N4O2S2/c1-10-14(8-26)19(33-18(10)11(2)30)29-17(31)9-32-20-27-15(7-16(28-20)21(23,24)25)12-3-5-13(22)6-4-12/h3-7H,9H2,1-2H3,(H,29,31). The number of nitriles is 1. The van der Waals surface area contributed by atoms with Gasteiger partial charge >= 0.3 is 6.18 Å². The number of amides is 1. The van der Waals surface area contributed by atoms with Gasteiger partial charge < -0.3 is 5.32 Å². The highest BCUT2D eigenvalue weighted by Crippen LogP contribution is 2.34. The number of thioether (sulfide) groups is 1. The number of benzene rings is 1. The Bertz CT molecular complexity index is 1270. The molecule has 0 unspecified atom stereocenters. The number of thiophene rings is 1. The zero-order valence-corrected chi connectivity index (χ0v) is 19.5. The van der Waals surface area contributed by atoms with Crippen molar-refractivity contribution in [2.75, 3.05) is 11.1 Å². The summed E-state index contributed by atoms with van der Waals surface area (Å²) in [6, 6.07) is 8.88. The van der Waals surface area contributed by atoms with Gasteiger partial charge in [-0.05, 0) is 37.6 Å². The topological polar surface area (TPSA) is 95.7 Å². The van der Waals surface area contributed by atoms with E-state index < -0.39 is 17.8 Å². The summed E-state index contributed by atoms with van der Waals surface area (Å²) in [6.45, 7) is 2.95. The fourth-order valence-corrected chi connectivity index (χ4v) is 4.62. The molecule has 0 bridgehead atoms. The third-order valence-corrected chi connectivity index (χ3v) is 6.71. The van der Waals surface area contributed by atoms with Crippen molar-refractivity contribution in [3.05, 3.63) is 57.1 Å². The van der Waals surface area contributed by atoms with Crippen LogP contribution in [0, 0.1) is 18.3 Å². The monoisotopic (exact) mass is 510 g/mol. The van der Waals surface area contributed by atoms with Crippen molar-refractivity contribution >= 4 is 51.4 Å².